The standard InChI is InChI=1S/C16H21F3N2O3/c1-10(2)8-13(21-15(24)20-7-6-14(22)23)11-4-3-5-12(9-11)16(17,18)19/h3-5,9-10,13H,6-8H2,1-2H3,(H,22,23)(H2,20,21,24). The molecule has 0 fully saturated rings. The zero-order valence-electron chi connectivity index (χ0n) is 13.5. The van der Waals surface area contributed by atoms with Crippen LogP contribution in [0.15, 0.2) is 24.3 Å². The van der Waals surface area contributed by atoms with E-state index in [2.05, 4.69) is 10.6 Å². The zero-order valence-corrected chi connectivity index (χ0v) is 13.5. The molecule has 0 radical (unpaired) electrons. The van der Waals surface area contributed by atoms with Gasteiger partial charge in [0.1, 0.15) is 0 Å². The molecular formula is C16H21F3N2O3. The Bertz CT molecular complexity index is 574. The van der Waals surface area contributed by atoms with Crippen molar-refractivity contribution in [3.05, 3.63) is 35.4 Å². The lowest BCUT2D eigenvalue weighted by atomic mass is 9.95. The number of rotatable bonds is 7. The number of carboxylic acid groups (broad SMARTS) is 1. The minimum atomic E-state index is -4.46. The van der Waals surface area contributed by atoms with Gasteiger partial charge >= 0.3 is 18.2 Å². The molecule has 1 aromatic carbocycles. The van der Waals surface area contributed by atoms with E-state index in [1.165, 1.54) is 12.1 Å². The Hall–Kier alpha value is -2.25. The van der Waals surface area contributed by atoms with Crippen molar-refractivity contribution in [2.24, 2.45) is 5.92 Å². The molecule has 24 heavy (non-hydrogen) atoms. The Morgan fingerprint density at radius 1 is 1.25 bits per heavy atom. The second-order valence-electron chi connectivity index (χ2n) is 5.85. The largest absolute Gasteiger partial charge is 0.481 e. The summed E-state index contributed by atoms with van der Waals surface area (Å²) in [5, 5.41) is 13.5. The van der Waals surface area contributed by atoms with Gasteiger partial charge in [0.25, 0.3) is 0 Å². The zero-order chi connectivity index (χ0) is 18.3. The molecule has 1 aromatic rings. The third-order valence-electron chi connectivity index (χ3n) is 3.25. The van der Waals surface area contributed by atoms with Crippen molar-refractivity contribution >= 4 is 12.0 Å². The van der Waals surface area contributed by atoms with Gasteiger partial charge in [0.15, 0.2) is 0 Å². The van der Waals surface area contributed by atoms with Crippen LogP contribution in [0.25, 0.3) is 0 Å². The van der Waals surface area contributed by atoms with E-state index >= 15 is 0 Å². The number of carboxylic acids is 1. The molecule has 0 bridgehead atoms. The lowest BCUT2D eigenvalue weighted by Gasteiger charge is -2.22. The molecule has 3 N–H and O–H groups in total. The van der Waals surface area contributed by atoms with Crippen molar-refractivity contribution in [2.75, 3.05) is 6.54 Å². The number of amides is 2. The normalized spacial score (nSPS) is 12.8. The summed E-state index contributed by atoms with van der Waals surface area (Å²) in [4.78, 5) is 22.3. The lowest BCUT2D eigenvalue weighted by molar-refractivity contribution is -0.138. The number of carbonyl (C=O) groups is 2. The van der Waals surface area contributed by atoms with Crippen molar-refractivity contribution in [1.29, 1.82) is 0 Å². The molecule has 1 rings (SSSR count). The van der Waals surface area contributed by atoms with E-state index in [1.807, 2.05) is 13.8 Å². The van der Waals surface area contributed by atoms with Crippen molar-refractivity contribution in [1.82, 2.24) is 10.6 Å². The van der Waals surface area contributed by atoms with Gasteiger partial charge in [-0.2, -0.15) is 13.2 Å². The molecule has 0 aromatic heterocycles. The summed E-state index contributed by atoms with van der Waals surface area (Å²) in [6, 6.07) is 3.61. The molecule has 0 aliphatic heterocycles. The number of urea groups is 1. The molecule has 1 atom stereocenters. The van der Waals surface area contributed by atoms with Gasteiger partial charge in [-0.15, -0.1) is 0 Å². The Morgan fingerprint density at radius 2 is 1.92 bits per heavy atom. The number of halogens is 3. The minimum Gasteiger partial charge on any atom is -0.481 e. The van der Waals surface area contributed by atoms with E-state index in [0.29, 0.717) is 12.0 Å². The van der Waals surface area contributed by atoms with Crippen LogP contribution in [0.2, 0.25) is 0 Å². The highest BCUT2D eigenvalue weighted by Gasteiger charge is 2.31. The highest BCUT2D eigenvalue weighted by Crippen LogP contribution is 2.31. The quantitative estimate of drug-likeness (QED) is 0.706. The van der Waals surface area contributed by atoms with Crippen molar-refractivity contribution in [3.63, 3.8) is 0 Å². The average molecular weight is 346 g/mol. The van der Waals surface area contributed by atoms with Crippen LogP contribution < -0.4 is 10.6 Å². The van der Waals surface area contributed by atoms with Crippen LogP contribution in [-0.4, -0.2) is 23.7 Å². The summed E-state index contributed by atoms with van der Waals surface area (Å²) in [5.74, 6) is -0.907. The Labute approximate surface area is 138 Å². The fourth-order valence-electron chi connectivity index (χ4n) is 2.17. The van der Waals surface area contributed by atoms with Gasteiger partial charge in [-0.25, -0.2) is 4.79 Å². The molecule has 0 spiro atoms. The Kier molecular flexibility index (Phi) is 7.06. The summed E-state index contributed by atoms with van der Waals surface area (Å²) in [5.41, 5.74) is -0.422. The third-order valence-corrected chi connectivity index (χ3v) is 3.25. The molecular weight excluding hydrogens is 325 g/mol. The molecule has 0 saturated heterocycles. The molecule has 0 saturated carbocycles. The van der Waals surface area contributed by atoms with Crippen LogP contribution in [0.1, 0.15) is 43.9 Å². The smallest absolute Gasteiger partial charge is 0.416 e. The van der Waals surface area contributed by atoms with Crippen LogP contribution in [-0.2, 0) is 11.0 Å². The van der Waals surface area contributed by atoms with Crippen molar-refractivity contribution in [2.45, 2.75) is 38.9 Å². The van der Waals surface area contributed by atoms with Crippen molar-refractivity contribution < 1.29 is 27.9 Å². The van der Waals surface area contributed by atoms with E-state index < -0.39 is 29.8 Å². The number of carbonyl (C=O) groups excluding carboxylic acids is 1. The Balaban J connectivity index is 2.85. The van der Waals surface area contributed by atoms with Gasteiger partial charge in [0, 0.05) is 6.54 Å². The third kappa shape index (κ3) is 6.89. The molecule has 0 aliphatic carbocycles. The van der Waals surface area contributed by atoms with Gasteiger partial charge in [0.2, 0.25) is 0 Å². The summed E-state index contributed by atoms with van der Waals surface area (Å²) in [6.07, 6.45) is -4.23. The van der Waals surface area contributed by atoms with Crippen molar-refractivity contribution in [3.8, 4) is 0 Å². The highest BCUT2D eigenvalue weighted by atomic mass is 19.4. The number of alkyl halides is 3. The molecule has 5 nitrogen and oxygen atoms in total. The highest BCUT2D eigenvalue weighted by molar-refractivity contribution is 5.75. The first-order valence-corrected chi connectivity index (χ1v) is 7.53. The number of nitrogens with one attached hydrogen (secondary N) is 2. The maximum atomic E-state index is 12.8. The van der Waals surface area contributed by atoms with Gasteiger partial charge in [-0.1, -0.05) is 26.0 Å². The van der Waals surface area contributed by atoms with Crippen LogP contribution in [0.3, 0.4) is 0 Å². The maximum Gasteiger partial charge on any atom is 0.416 e. The predicted octanol–water partition coefficient (Wildman–Crippen LogP) is 3.57. The second kappa shape index (κ2) is 8.56. The molecule has 134 valence electrons. The lowest BCUT2D eigenvalue weighted by Crippen LogP contribution is -2.39. The molecule has 2 amide bonds. The average Bonchev–Trinajstić information content (AvgIpc) is 2.45. The second-order valence-corrected chi connectivity index (χ2v) is 5.85. The van der Waals surface area contributed by atoms with E-state index in [4.69, 9.17) is 5.11 Å². The number of hydrogen-bond acceptors (Lipinski definition) is 2. The number of benzene rings is 1. The fraction of sp³-hybridized carbons (Fsp3) is 0.500. The number of hydrogen-bond donors (Lipinski definition) is 3. The first-order chi connectivity index (χ1) is 11.1. The predicted molar refractivity (Wildman–Crippen MR) is 82.4 cm³/mol. The molecule has 0 heterocycles. The fourth-order valence-corrected chi connectivity index (χ4v) is 2.17. The summed E-state index contributed by atoms with van der Waals surface area (Å²) in [6.45, 7) is 3.73. The topological polar surface area (TPSA) is 78.4 Å². The maximum absolute atomic E-state index is 12.8. The minimum absolute atomic E-state index is 0.0574. The van der Waals surface area contributed by atoms with Crippen LogP contribution >= 0.6 is 0 Å². The van der Waals surface area contributed by atoms with Crippen LogP contribution in [0, 0.1) is 5.92 Å². The molecule has 0 aliphatic rings. The van der Waals surface area contributed by atoms with Gasteiger partial charge in [0.05, 0.1) is 18.0 Å². The van der Waals surface area contributed by atoms with E-state index in [9.17, 15) is 22.8 Å². The molecule has 1 unspecified atom stereocenters. The SMILES string of the molecule is CC(C)CC(NC(=O)NCCC(=O)O)c1cccc(C(F)(F)F)c1. The first-order valence-electron chi connectivity index (χ1n) is 7.53. The van der Waals surface area contributed by atoms with E-state index in [-0.39, 0.29) is 18.9 Å². The van der Waals surface area contributed by atoms with Gasteiger partial charge in [-0.05, 0) is 30.0 Å². The number of aliphatic carboxylic acids is 1. The molecule has 8 heteroatoms. The monoisotopic (exact) mass is 346 g/mol. The van der Waals surface area contributed by atoms with Crippen LogP contribution in [0.5, 0.6) is 0 Å². The van der Waals surface area contributed by atoms with E-state index in [1.54, 1.807) is 0 Å². The van der Waals surface area contributed by atoms with E-state index in [0.717, 1.165) is 12.1 Å². The Morgan fingerprint density at radius 3 is 2.46 bits per heavy atom. The van der Waals surface area contributed by atoms with Crippen LogP contribution in [0.4, 0.5) is 18.0 Å². The van der Waals surface area contributed by atoms with Gasteiger partial charge in [-0.3, -0.25) is 4.79 Å². The summed E-state index contributed by atoms with van der Waals surface area (Å²) >= 11 is 0. The summed E-state index contributed by atoms with van der Waals surface area (Å²) in [7, 11) is 0. The first kappa shape index (κ1) is 19.8. The summed E-state index contributed by atoms with van der Waals surface area (Å²) < 4.78 is 38.5. The van der Waals surface area contributed by atoms with Gasteiger partial charge < -0.3 is 15.7 Å².